The molecule has 33 nitrogen and oxygen atoms in total. The summed E-state index contributed by atoms with van der Waals surface area (Å²) in [5, 5.41) is 59.1. The molecule has 103 heavy (non-hydrogen) atoms. The lowest BCUT2D eigenvalue weighted by Crippen LogP contribution is -2.61. The second-order valence-corrected chi connectivity index (χ2v) is 36.4. The van der Waals surface area contributed by atoms with Crippen LogP contribution in [-0.2, 0) is 80.5 Å². The topological polar surface area (TPSA) is 490 Å². The zero-order valence-electron chi connectivity index (χ0n) is 58.2. The maximum absolute atomic E-state index is 14.8. The molecule has 39 heteroatoms. The van der Waals surface area contributed by atoms with Crippen LogP contribution in [0.25, 0.3) is 0 Å². The molecule has 0 saturated carbocycles. The van der Waals surface area contributed by atoms with Crippen molar-refractivity contribution in [2.75, 3.05) is 120 Å². The number of urea groups is 1. The number of nitrogens with two attached hydrogens (primary N) is 1. The summed E-state index contributed by atoms with van der Waals surface area (Å²) in [6.07, 6.45) is -3.73. The molecule has 3 saturated heterocycles. The van der Waals surface area contributed by atoms with Gasteiger partial charge in [-0.3, -0.25) is 66.8 Å². The number of carboxylic acids is 1. The average Bonchev–Trinajstić information content (AvgIpc) is 1.70. The number of primary amides is 1. The number of rotatable bonds is 27. The van der Waals surface area contributed by atoms with Gasteiger partial charge in [0.15, 0.2) is 0 Å². The lowest BCUT2D eigenvalue weighted by molar-refractivity contribution is -0.147. The summed E-state index contributed by atoms with van der Waals surface area (Å²) in [7, 11) is -12.0. The van der Waals surface area contributed by atoms with Gasteiger partial charge in [0.05, 0.1) is 25.0 Å². The molecule has 0 aromatic heterocycles. The molecule has 11 atom stereocenters. The Balaban J connectivity index is 1.22. The normalized spacial score (nSPS) is 24.6. The van der Waals surface area contributed by atoms with Crippen LogP contribution in [0.5, 0.6) is 0 Å². The van der Waals surface area contributed by atoms with E-state index in [4.69, 9.17) is 5.73 Å². The predicted molar refractivity (Wildman–Crippen MR) is 391 cm³/mol. The van der Waals surface area contributed by atoms with Crippen molar-refractivity contribution in [3.63, 3.8) is 0 Å². The lowest BCUT2D eigenvalue weighted by atomic mass is 10.0. The van der Waals surface area contributed by atoms with Crippen LogP contribution in [0.3, 0.4) is 0 Å². The highest BCUT2D eigenvalue weighted by Crippen LogP contribution is 2.43. The minimum absolute atomic E-state index is 0.0410. The number of nitrogens with zero attached hydrogens (tertiary/aromatic N) is 5. The number of carbonyl (C=O) groups is 10. The van der Waals surface area contributed by atoms with Crippen molar-refractivity contribution >= 4 is 117 Å². The fraction of sp³-hybridized carbons (Fsp3) is 0.656. The van der Waals surface area contributed by atoms with Gasteiger partial charge in [-0.2, -0.15) is 35.3 Å². The molecular formula is C64H102N13O20P3S3. The van der Waals surface area contributed by atoms with Crippen LogP contribution in [0, 0.1) is 0 Å². The van der Waals surface area contributed by atoms with Crippen LogP contribution >= 0.6 is 57.4 Å². The highest BCUT2D eigenvalue weighted by Gasteiger charge is 2.45. The first-order valence-electron chi connectivity index (χ1n) is 34.4. The van der Waals surface area contributed by atoms with Gasteiger partial charge in [-0.1, -0.05) is 61.9 Å². The maximum atomic E-state index is 14.8. The summed E-state index contributed by atoms with van der Waals surface area (Å²) in [5.41, 5.74) is 8.39. The van der Waals surface area contributed by atoms with Gasteiger partial charge in [-0.15, -0.1) is 0 Å². The zero-order valence-corrected chi connectivity index (χ0v) is 63.3. The summed E-state index contributed by atoms with van der Waals surface area (Å²) < 4.78 is 38.6. The van der Waals surface area contributed by atoms with Crippen molar-refractivity contribution < 1.29 is 96.7 Å². The van der Waals surface area contributed by atoms with Gasteiger partial charge in [0, 0.05) is 125 Å². The van der Waals surface area contributed by atoms with E-state index in [2.05, 4.69) is 37.2 Å². The van der Waals surface area contributed by atoms with Crippen LogP contribution in [0.15, 0.2) is 48.5 Å². The van der Waals surface area contributed by atoms with Crippen LogP contribution in [0.4, 0.5) is 4.79 Å². The molecule has 3 fully saturated rings. The van der Waals surface area contributed by atoms with E-state index >= 15 is 0 Å². The first-order chi connectivity index (χ1) is 48.9. The van der Waals surface area contributed by atoms with E-state index in [9.17, 15) is 96.7 Å². The summed E-state index contributed by atoms with van der Waals surface area (Å²) in [4.78, 5) is 178. The number of benzene rings is 2. The molecule has 2 aromatic rings. The molecule has 2 aromatic carbocycles. The molecule has 3 unspecified atom stereocenters. The Morgan fingerprint density at radius 1 is 0.660 bits per heavy atom. The Bertz CT molecular complexity index is 3340. The number of unbranched alkanes of at least 4 members (excludes halogenated alkanes) is 1. The molecule has 4 aliphatic rings. The summed E-state index contributed by atoms with van der Waals surface area (Å²) in [5.74, 6) is -6.44. The van der Waals surface area contributed by atoms with Crippen LogP contribution < -0.4 is 43.0 Å². The molecule has 0 aliphatic carbocycles. The molecule has 0 spiro atoms. The molecule has 4 aliphatic heterocycles. The van der Waals surface area contributed by atoms with Crippen molar-refractivity contribution in [3.05, 3.63) is 70.8 Å². The van der Waals surface area contributed by atoms with E-state index < -0.39 is 155 Å². The van der Waals surface area contributed by atoms with Crippen LogP contribution in [0.2, 0.25) is 0 Å². The van der Waals surface area contributed by atoms with Crippen LogP contribution in [-0.4, -0.2) is 288 Å². The minimum atomic E-state index is -4.02. The predicted octanol–water partition coefficient (Wildman–Crippen LogP) is -0.228. The van der Waals surface area contributed by atoms with E-state index in [0.29, 0.717) is 42.9 Å². The third kappa shape index (κ3) is 29.5. The van der Waals surface area contributed by atoms with Gasteiger partial charge in [0.25, 0.3) is 0 Å². The third-order valence-corrected chi connectivity index (χ3v) is 25.2. The molecule has 0 radical (unpaired) electrons. The largest absolute Gasteiger partial charge is 0.480 e. The number of hydrogen-bond acceptors (Lipinski definition) is 22. The molecule has 576 valence electrons. The third-order valence-electron chi connectivity index (χ3n) is 17.6. The molecular weight excluding hydrogens is 1460 g/mol. The Labute approximate surface area is 612 Å². The first kappa shape index (κ1) is 86.2. The summed E-state index contributed by atoms with van der Waals surface area (Å²) >= 11 is 3.96. The highest BCUT2D eigenvalue weighted by atomic mass is 32.2. The SMILES string of the molecule is CCCCNC(=O)N[C@H]1CSCc2cc(CSCCNC(=O)CCP(=O)(O)CN3CCN(CP(=O)(O)CO)CCN(CP(=O)(O)CO)CC3)cc(c2)CSC[C@@H](C(=O)O)NC(=O)[C@H](Cc2ccccc2)NC(=O)[C@H](CCC(N)=O)NC(=O)[C@H]([C@@H](C)O)NC(=O)[C@@H]2CCCN2C(=O)[C@@H]2CCCN2C1=O. The lowest BCUT2D eigenvalue weighted by Gasteiger charge is -2.33. The Morgan fingerprint density at radius 3 is 1.78 bits per heavy atom. The second kappa shape index (κ2) is 42.6. The van der Waals surface area contributed by atoms with Gasteiger partial charge < -0.3 is 87.9 Å². The zero-order chi connectivity index (χ0) is 75.4. The average molecular weight is 1560 g/mol. The first-order valence-corrected chi connectivity index (χ1v) is 44.0. The fourth-order valence-corrected chi connectivity index (χ4v) is 18.5. The number of aliphatic hydroxyl groups is 3. The summed E-state index contributed by atoms with van der Waals surface area (Å²) in [6.45, 7) is 4.91. The van der Waals surface area contributed by atoms with Crippen molar-refractivity contribution in [2.24, 2.45) is 5.73 Å². The summed E-state index contributed by atoms with van der Waals surface area (Å²) in [6, 6.07) is 3.97. The van der Waals surface area contributed by atoms with Gasteiger partial charge >= 0.3 is 12.0 Å². The number of thioether (sulfide) groups is 3. The number of aliphatic hydroxyl groups excluding tert-OH is 3. The van der Waals surface area contributed by atoms with Crippen molar-refractivity contribution in [1.82, 2.24) is 61.7 Å². The molecule has 6 rings (SSSR count). The Hall–Kier alpha value is -5.68. The van der Waals surface area contributed by atoms with Gasteiger partial charge in [0.1, 0.15) is 55.0 Å². The molecule has 16 N–H and O–H groups in total. The van der Waals surface area contributed by atoms with E-state index in [1.54, 1.807) is 45.0 Å². The Kier molecular flexibility index (Phi) is 35.7. The number of aliphatic carboxylic acids is 1. The fourth-order valence-electron chi connectivity index (χ4n) is 12.2. The van der Waals surface area contributed by atoms with E-state index in [1.165, 1.54) is 52.0 Å². The number of nitrogens with one attached hydrogen (secondary N) is 7. The number of carbonyl (C=O) groups excluding carboxylic acids is 9. The van der Waals surface area contributed by atoms with Gasteiger partial charge in [-0.05, 0) is 67.7 Å². The smallest absolute Gasteiger partial charge is 0.327 e. The van der Waals surface area contributed by atoms with E-state index in [1.807, 2.05) is 25.1 Å². The number of fused-ring (bicyclic) bond motifs is 4. The van der Waals surface area contributed by atoms with E-state index in [-0.39, 0.29) is 133 Å². The molecule has 2 bridgehead atoms. The van der Waals surface area contributed by atoms with Crippen molar-refractivity contribution in [1.29, 1.82) is 0 Å². The van der Waals surface area contributed by atoms with Gasteiger partial charge in [-0.25, -0.2) is 9.59 Å². The number of amides is 10. The monoisotopic (exact) mass is 1560 g/mol. The molecule has 10 amide bonds. The van der Waals surface area contributed by atoms with Crippen molar-refractivity contribution in [3.8, 4) is 0 Å². The maximum Gasteiger partial charge on any atom is 0.327 e. The van der Waals surface area contributed by atoms with Crippen molar-refractivity contribution in [2.45, 2.75) is 144 Å². The molecule has 4 heterocycles. The Morgan fingerprint density at radius 2 is 1.21 bits per heavy atom. The van der Waals surface area contributed by atoms with Gasteiger partial charge in [0.2, 0.25) is 69.4 Å². The quantitative estimate of drug-likeness (QED) is 0.0406. The standard InChI is InChI=1S/C64H102N13O20P3S3/c1-3-4-17-67-64(91)71-50-36-102-34-46-29-45(33-101-28-18-66-55(82)16-27-98(92,93)38-73-21-23-74(39-99(94,95)41-78)25-26-75(24-22-73)40-100(96,97)42-79)30-47(31-46)35-103-37-51(63(89)90)70-58(84)49(32-44-10-6-5-7-11-44)69-57(83)48(14-15-54(65)81)68-60(86)56(43(2)80)72-59(85)52-12-8-19-76(52)62(88)53-13-9-20-77(53)61(50)87/h5-7,10-11,29-31,43,48-53,56,78-80H,3-4,8-9,12-28,32-42H2,1-2H3,(H2,65,81)(H,66,82)(H,68,86)(H,69,83)(H,70,84)(H,72,85)(H,89,90)(H,92,93)(H,94,95)(H,96,97)(H2,67,71,91)/t43-,48+,49+,50+,51+,52+,53+,56+/m1/s1. The second-order valence-electron chi connectivity index (χ2n) is 26.3. The highest BCUT2D eigenvalue weighted by molar-refractivity contribution is 7.99. The minimum Gasteiger partial charge on any atom is -0.480 e. The number of carboxylic acid groups (broad SMARTS) is 1. The van der Waals surface area contributed by atoms with E-state index in [0.717, 1.165) is 23.1 Å². The number of hydrogen-bond donors (Lipinski definition) is 15. The van der Waals surface area contributed by atoms with Crippen LogP contribution in [0.1, 0.15) is 93.9 Å².